The van der Waals surface area contributed by atoms with Crippen LogP contribution in [0.1, 0.15) is 187 Å². The van der Waals surface area contributed by atoms with Crippen molar-refractivity contribution in [1.29, 1.82) is 0 Å². The average molecular weight is 937 g/mol. The number of unbranched alkanes of at least 4 members (excludes halogenated alkanes) is 15. The molecule has 4 N–H and O–H groups in total. The number of ether oxygens (including phenoxy) is 4. The molecule has 9 nitrogen and oxygen atoms in total. The summed E-state index contributed by atoms with van der Waals surface area (Å²) in [5, 5.41) is 40.3. The highest BCUT2D eigenvalue weighted by molar-refractivity contribution is 5.69. The highest BCUT2D eigenvalue weighted by atomic mass is 16.7. The quantitative estimate of drug-likeness (QED) is 0.0267. The van der Waals surface area contributed by atoms with Gasteiger partial charge in [-0.15, -0.1) is 0 Å². The highest BCUT2D eigenvalue weighted by Crippen LogP contribution is 2.22. The van der Waals surface area contributed by atoms with Crippen molar-refractivity contribution in [2.45, 2.75) is 224 Å². The lowest BCUT2D eigenvalue weighted by atomic mass is 9.99. The summed E-state index contributed by atoms with van der Waals surface area (Å²) in [7, 11) is 0. The van der Waals surface area contributed by atoms with Gasteiger partial charge in [0.15, 0.2) is 6.29 Å². The van der Waals surface area contributed by atoms with Crippen molar-refractivity contribution in [1.82, 2.24) is 0 Å². The minimum atomic E-state index is -1.55. The molecule has 0 aromatic carbocycles. The lowest BCUT2D eigenvalue weighted by molar-refractivity contribution is -0.305. The second-order valence-corrected chi connectivity index (χ2v) is 17.6. The van der Waals surface area contributed by atoms with Gasteiger partial charge >= 0.3 is 5.97 Å². The molecule has 0 amide bonds. The van der Waals surface area contributed by atoms with Crippen LogP contribution in [-0.2, 0) is 23.7 Å². The van der Waals surface area contributed by atoms with Crippen molar-refractivity contribution in [2.75, 3.05) is 26.4 Å². The zero-order chi connectivity index (χ0) is 48.5. The Morgan fingerprint density at radius 3 is 1.37 bits per heavy atom. The number of aliphatic hydroxyl groups is 4. The Labute approximate surface area is 408 Å². The number of hydrogen-bond donors (Lipinski definition) is 4. The summed E-state index contributed by atoms with van der Waals surface area (Å²) in [5.41, 5.74) is 0. The van der Waals surface area contributed by atoms with Gasteiger partial charge in [-0.25, -0.2) is 0 Å². The first-order chi connectivity index (χ1) is 32.9. The van der Waals surface area contributed by atoms with Gasteiger partial charge in [0.25, 0.3) is 0 Å². The first kappa shape index (κ1) is 61.9. The van der Waals surface area contributed by atoms with Gasteiger partial charge in [0.2, 0.25) is 0 Å². The van der Waals surface area contributed by atoms with Gasteiger partial charge in [-0.1, -0.05) is 187 Å². The number of rotatable bonds is 44. The summed E-state index contributed by atoms with van der Waals surface area (Å²) >= 11 is 0. The van der Waals surface area contributed by atoms with Crippen LogP contribution in [0.5, 0.6) is 0 Å². The molecule has 6 atom stereocenters. The molecule has 0 aromatic heterocycles. The fraction of sp³-hybridized carbons (Fsp3) is 0.672. The molecule has 1 rings (SSSR count). The van der Waals surface area contributed by atoms with E-state index in [1.807, 2.05) is 0 Å². The lowest BCUT2D eigenvalue weighted by Crippen LogP contribution is -2.59. The van der Waals surface area contributed by atoms with Gasteiger partial charge < -0.3 is 39.4 Å². The largest absolute Gasteiger partial charge is 0.457 e. The maximum Gasteiger partial charge on any atom is 0.306 e. The van der Waals surface area contributed by atoms with Crippen molar-refractivity contribution in [3.63, 3.8) is 0 Å². The molecule has 0 radical (unpaired) electrons. The Morgan fingerprint density at radius 1 is 0.493 bits per heavy atom. The van der Waals surface area contributed by atoms with E-state index in [9.17, 15) is 25.2 Å². The number of aliphatic hydroxyl groups excluding tert-OH is 4. The Kier molecular flexibility index (Phi) is 44.2. The molecule has 1 aliphatic rings. The fourth-order valence-electron chi connectivity index (χ4n) is 7.32. The normalized spacial score (nSPS) is 20.1. The molecule has 0 aliphatic carbocycles. The molecule has 9 heteroatoms. The van der Waals surface area contributed by atoms with Crippen LogP contribution in [0, 0.1) is 0 Å². The molecule has 1 fully saturated rings. The molecule has 0 aromatic rings. The van der Waals surface area contributed by atoms with Crippen molar-refractivity contribution < 1.29 is 44.2 Å². The predicted octanol–water partition coefficient (Wildman–Crippen LogP) is 13.3. The highest BCUT2D eigenvalue weighted by Gasteiger charge is 2.44. The standard InChI is InChI=1S/C58H96O9/c1-3-5-7-9-11-13-15-17-19-21-23-24-25-26-27-28-29-31-33-35-37-39-41-43-45-47-54(60)66-52(51-65-58-57(63)56(62)55(61)53(49-59)67-58)50-64-48-46-44-42-40-38-36-34-32-30-22-20-18-16-14-12-10-8-6-4-2/h5,7,11,13-14,16-17,19-20,22-24,26-27,29,31,35,37,52-53,55-59,61-63H,3-4,6,8-10,12,15,18,21,25,28,30,32-34,36,38-51H2,1-2H3/b7-5-,13-11-,16-14-,19-17-,22-20-,24-23-,27-26-,31-29-,37-35-. The van der Waals surface area contributed by atoms with E-state index < -0.39 is 43.4 Å². The third-order valence-electron chi connectivity index (χ3n) is 11.4. The lowest BCUT2D eigenvalue weighted by Gasteiger charge is -2.39. The molecular formula is C58H96O9. The van der Waals surface area contributed by atoms with E-state index in [1.165, 1.54) is 64.2 Å². The van der Waals surface area contributed by atoms with Crippen molar-refractivity contribution >= 4 is 5.97 Å². The van der Waals surface area contributed by atoms with Gasteiger partial charge in [-0.3, -0.25) is 4.79 Å². The van der Waals surface area contributed by atoms with Crippen LogP contribution in [0.25, 0.3) is 0 Å². The minimum absolute atomic E-state index is 0.120. The van der Waals surface area contributed by atoms with Crippen LogP contribution in [0.4, 0.5) is 0 Å². The zero-order valence-electron chi connectivity index (χ0n) is 42.1. The molecule has 1 aliphatic heterocycles. The summed E-state index contributed by atoms with van der Waals surface area (Å²) < 4.78 is 22.9. The van der Waals surface area contributed by atoms with Gasteiger partial charge in [-0.2, -0.15) is 0 Å². The summed E-state index contributed by atoms with van der Waals surface area (Å²) in [6, 6.07) is 0. The fourth-order valence-corrected chi connectivity index (χ4v) is 7.32. The van der Waals surface area contributed by atoms with E-state index in [0.29, 0.717) is 13.0 Å². The number of hydrogen-bond acceptors (Lipinski definition) is 9. The number of allylic oxidation sites excluding steroid dienone is 18. The Hall–Kier alpha value is -3.15. The molecule has 67 heavy (non-hydrogen) atoms. The van der Waals surface area contributed by atoms with Crippen molar-refractivity contribution in [2.24, 2.45) is 0 Å². The summed E-state index contributed by atoms with van der Waals surface area (Å²) in [6.07, 6.45) is 61.2. The minimum Gasteiger partial charge on any atom is -0.457 e. The van der Waals surface area contributed by atoms with Crippen LogP contribution in [0.3, 0.4) is 0 Å². The summed E-state index contributed by atoms with van der Waals surface area (Å²) in [4.78, 5) is 12.8. The maximum atomic E-state index is 12.8. The second-order valence-electron chi connectivity index (χ2n) is 17.6. The van der Waals surface area contributed by atoms with E-state index in [2.05, 4.69) is 123 Å². The Morgan fingerprint density at radius 2 is 0.910 bits per heavy atom. The number of carbonyl (C=O) groups excluding carboxylic acids is 1. The first-order valence-corrected chi connectivity index (χ1v) is 26.5. The smallest absolute Gasteiger partial charge is 0.306 e. The van der Waals surface area contributed by atoms with Gasteiger partial charge in [-0.05, 0) is 103 Å². The summed E-state index contributed by atoms with van der Waals surface area (Å²) in [6.45, 7) is 4.36. The van der Waals surface area contributed by atoms with Crippen molar-refractivity contribution in [3.05, 3.63) is 109 Å². The van der Waals surface area contributed by atoms with Crippen LogP contribution >= 0.6 is 0 Å². The maximum absolute atomic E-state index is 12.8. The first-order valence-electron chi connectivity index (χ1n) is 26.5. The van der Waals surface area contributed by atoms with Crippen LogP contribution in [0.15, 0.2) is 109 Å². The topological polar surface area (TPSA) is 135 Å². The second kappa shape index (κ2) is 47.9. The molecule has 1 saturated heterocycles. The van der Waals surface area contributed by atoms with E-state index in [4.69, 9.17) is 18.9 Å². The molecular weight excluding hydrogens is 841 g/mol. The summed E-state index contributed by atoms with van der Waals surface area (Å²) in [5.74, 6) is -0.351. The van der Waals surface area contributed by atoms with Gasteiger partial charge in [0.1, 0.15) is 30.5 Å². The molecule has 1 heterocycles. The van der Waals surface area contributed by atoms with Crippen LogP contribution in [-0.4, -0.2) is 89.6 Å². The molecule has 0 saturated carbocycles. The molecule has 382 valence electrons. The predicted molar refractivity (Wildman–Crippen MR) is 279 cm³/mol. The van der Waals surface area contributed by atoms with Crippen molar-refractivity contribution in [3.8, 4) is 0 Å². The SMILES string of the molecule is CC/C=C\C/C=C\C/C=C\C/C=C\C/C=C\C/C=C\C/C=C\CCCCCC(=O)OC(COCCCCCCCCCC/C=C\C/C=C\CCCCCC)COC1OC(CO)C(O)C(O)C1O. The third kappa shape index (κ3) is 38.4. The van der Waals surface area contributed by atoms with Crippen LogP contribution < -0.4 is 0 Å². The Balaban J connectivity index is 2.26. The number of esters is 1. The van der Waals surface area contributed by atoms with E-state index >= 15 is 0 Å². The van der Waals surface area contributed by atoms with Gasteiger partial charge in [0, 0.05) is 13.0 Å². The third-order valence-corrected chi connectivity index (χ3v) is 11.4. The van der Waals surface area contributed by atoms with E-state index in [-0.39, 0.29) is 25.6 Å². The molecule has 6 unspecified atom stereocenters. The van der Waals surface area contributed by atoms with E-state index in [0.717, 1.165) is 96.3 Å². The molecule has 0 spiro atoms. The Bertz CT molecular complexity index is 1390. The number of carbonyl (C=O) groups is 1. The average Bonchev–Trinajstić information content (AvgIpc) is 3.33. The van der Waals surface area contributed by atoms with Gasteiger partial charge in [0.05, 0.1) is 19.8 Å². The van der Waals surface area contributed by atoms with E-state index in [1.54, 1.807) is 0 Å². The van der Waals surface area contributed by atoms with Crippen LogP contribution in [0.2, 0.25) is 0 Å². The zero-order valence-corrected chi connectivity index (χ0v) is 42.1. The molecule has 0 bridgehead atoms. The monoisotopic (exact) mass is 937 g/mol.